The van der Waals surface area contributed by atoms with Crippen LogP contribution in [0.2, 0.25) is 0 Å². The molecule has 108 valence electrons. The van der Waals surface area contributed by atoms with E-state index in [1.54, 1.807) is 0 Å². The Morgan fingerprint density at radius 2 is 1.95 bits per heavy atom. The predicted molar refractivity (Wildman–Crippen MR) is 69.4 cm³/mol. The van der Waals surface area contributed by atoms with Crippen molar-refractivity contribution in [3.8, 4) is 5.75 Å². The zero-order valence-corrected chi connectivity index (χ0v) is 11.7. The Bertz CT molecular complexity index is 687. The third-order valence-electron chi connectivity index (χ3n) is 3.64. The lowest BCUT2D eigenvalue weighted by Crippen LogP contribution is -2.20. The largest absolute Gasteiger partial charge is 0.508 e. The number of aromatic hydroxyl groups is 1. The summed E-state index contributed by atoms with van der Waals surface area (Å²) < 4.78 is 36.8. The van der Waals surface area contributed by atoms with Crippen LogP contribution in [0.4, 0.5) is 4.39 Å². The van der Waals surface area contributed by atoms with Gasteiger partial charge in [-0.1, -0.05) is 12.8 Å². The topological polar surface area (TPSA) is 83.8 Å². The van der Waals surface area contributed by atoms with E-state index in [1.165, 1.54) is 6.08 Å². The lowest BCUT2D eigenvalue weighted by molar-refractivity contribution is 0.402. The maximum atomic E-state index is 14.0. The molecule has 0 unspecified atom stereocenters. The summed E-state index contributed by atoms with van der Waals surface area (Å²) in [5.41, 5.74) is -0.855. The molecule has 0 radical (unpaired) electrons. The number of benzene rings is 1. The third-order valence-corrected chi connectivity index (χ3v) is 4.75. The van der Waals surface area contributed by atoms with Crippen molar-refractivity contribution in [2.24, 2.45) is 4.99 Å². The van der Waals surface area contributed by atoms with Crippen molar-refractivity contribution in [1.29, 1.82) is 0 Å². The number of carbonyl (C=O) groups excluding carboxylic acids is 1. The van der Waals surface area contributed by atoms with Gasteiger partial charge in [0.05, 0.1) is 0 Å². The molecule has 1 aliphatic carbocycles. The minimum atomic E-state index is -3.77. The molecular formula is C13H14FNO4S. The molecule has 0 saturated heterocycles. The van der Waals surface area contributed by atoms with Gasteiger partial charge >= 0.3 is 0 Å². The molecule has 0 aromatic heterocycles. The van der Waals surface area contributed by atoms with Crippen LogP contribution in [0, 0.1) is 5.82 Å². The summed E-state index contributed by atoms with van der Waals surface area (Å²) in [5, 5.41) is 10.0. The van der Waals surface area contributed by atoms with E-state index in [0.717, 1.165) is 31.2 Å². The quantitative estimate of drug-likeness (QED) is 0.684. The van der Waals surface area contributed by atoms with Gasteiger partial charge in [-0.15, -0.1) is 0 Å². The Kier molecular flexibility index (Phi) is 3.67. The van der Waals surface area contributed by atoms with Crippen molar-refractivity contribution in [2.75, 3.05) is 6.26 Å². The first-order valence-electron chi connectivity index (χ1n) is 6.12. The van der Waals surface area contributed by atoms with Gasteiger partial charge in [0, 0.05) is 17.9 Å². The standard InChI is InChI=1S/C13H14FNO4S/c1-20(18,19)12-7-11(17)9(6-10(12)14)13(15-8-16)4-2-3-5-13/h6-7,17H,2-5H2,1H3. The van der Waals surface area contributed by atoms with Crippen LogP contribution < -0.4 is 0 Å². The number of aliphatic imine (C=N–C) groups is 1. The second-order valence-electron chi connectivity index (χ2n) is 5.01. The number of rotatable bonds is 3. The number of phenolic OH excluding ortho intramolecular Hbond substituents is 1. The number of phenols is 1. The number of halogens is 1. The Morgan fingerprint density at radius 1 is 1.35 bits per heavy atom. The minimum absolute atomic E-state index is 0.142. The summed E-state index contributed by atoms with van der Waals surface area (Å²) in [5.74, 6) is -1.32. The Hall–Kier alpha value is -1.72. The summed E-state index contributed by atoms with van der Waals surface area (Å²) in [7, 11) is -3.77. The van der Waals surface area contributed by atoms with Crippen LogP contribution in [0.25, 0.3) is 0 Å². The first kappa shape index (κ1) is 14.7. The van der Waals surface area contributed by atoms with E-state index in [9.17, 15) is 22.7 Å². The molecule has 1 N–H and O–H groups in total. The van der Waals surface area contributed by atoms with Crippen LogP contribution in [-0.2, 0) is 20.2 Å². The summed E-state index contributed by atoms with van der Waals surface area (Å²) in [6.07, 6.45) is 4.89. The Morgan fingerprint density at radius 3 is 2.45 bits per heavy atom. The van der Waals surface area contributed by atoms with Crippen LogP contribution >= 0.6 is 0 Å². The van der Waals surface area contributed by atoms with Gasteiger partial charge in [0.25, 0.3) is 0 Å². The fourth-order valence-electron chi connectivity index (χ4n) is 2.69. The maximum absolute atomic E-state index is 14.0. The average Bonchev–Trinajstić information content (AvgIpc) is 2.80. The van der Waals surface area contributed by atoms with Gasteiger partial charge in [-0.2, -0.15) is 4.99 Å². The minimum Gasteiger partial charge on any atom is -0.508 e. The van der Waals surface area contributed by atoms with Crippen molar-refractivity contribution in [3.05, 3.63) is 23.5 Å². The molecule has 1 aliphatic rings. The lowest BCUT2D eigenvalue weighted by atomic mass is 9.88. The fraction of sp³-hybridized carbons (Fsp3) is 0.462. The number of hydrogen-bond acceptors (Lipinski definition) is 5. The molecule has 7 heteroatoms. The first-order valence-corrected chi connectivity index (χ1v) is 8.01. The molecule has 2 rings (SSSR count). The van der Waals surface area contributed by atoms with Gasteiger partial charge in [-0.05, 0) is 18.9 Å². The molecule has 0 bridgehead atoms. The highest BCUT2D eigenvalue weighted by Crippen LogP contribution is 2.46. The van der Waals surface area contributed by atoms with Crippen LogP contribution in [0.3, 0.4) is 0 Å². The maximum Gasteiger partial charge on any atom is 0.235 e. The lowest BCUT2D eigenvalue weighted by Gasteiger charge is -2.24. The highest BCUT2D eigenvalue weighted by molar-refractivity contribution is 7.90. The van der Waals surface area contributed by atoms with Crippen LogP contribution in [0.1, 0.15) is 31.2 Å². The molecule has 0 heterocycles. The molecule has 5 nitrogen and oxygen atoms in total. The fourth-order valence-corrected chi connectivity index (χ4v) is 3.43. The second kappa shape index (κ2) is 5.00. The van der Waals surface area contributed by atoms with Crippen LogP contribution in [0.15, 0.2) is 22.0 Å². The van der Waals surface area contributed by atoms with Crippen LogP contribution in [-0.4, -0.2) is 25.9 Å². The molecule has 1 fully saturated rings. The van der Waals surface area contributed by atoms with Gasteiger partial charge in [0.1, 0.15) is 22.0 Å². The highest BCUT2D eigenvalue weighted by atomic mass is 32.2. The molecular weight excluding hydrogens is 285 g/mol. The molecule has 0 spiro atoms. The summed E-state index contributed by atoms with van der Waals surface area (Å²) >= 11 is 0. The second-order valence-corrected chi connectivity index (χ2v) is 7.00. The van der Waals surface area contributed by atoms with E-state index < -0.39 is 26.1 Å². The van der Waals surface area contributed by atoms with Crippen molar-refractivity contribution in [2.45, 2.75) is 36.1 Å². The molecule has 20 heavy (non-hydrogen) atoms. The van der Waals surface area contributed by atoms with Gasteiger partial charge in [-0.3, -0.25) is 0 Å². The third kappa shape index (κ3) is 2.46. The molecule has 1 saturated carbocycles. The molecule has 1 aromatic carbocycles. The molecule has 0 aliphatic heterocycles. The molecule has 0 atom stereocenters. The van der Waals surface area contributed by atoms with Crippen molar-refractivity contribution < 1.29 is 22.7 Å². The van der Waals surface area contributed by atoms with Crippen molar-refractivity contribution >= 4 is 15.9 Å². The van der Waals surface area contributed by atoms with E-state index in [4.69, 9.17) is 0 Å². The molecule has 1 aromatic rings. The normalized spacial score (nSPS) is 17.7. The molecule has 0 amide bonds. The number of sulfone groups is 1. The summed E-state index contributed by atoms with van der Waals surface area (Å²) in [6, 6.07) is 1.83. The van der Waals surface area contributed by atoms with E-state index in [-0.39, 0.29) is 11.3 Å². The van der Waals surface area contributed by atoms with Crippen LogP contribution in [0.5, 0.6) is 5.75 Å². The van der Waals surface area contributed by atoms with E-state index >= 15 is 0 Å². The average molecular weight is 299 g/mol. The number of nitrogens with zero attached hydrogens (tertiary/aromatic N) is 1. The number of hydrogen-bond donors (Lipinski definition) is 1. The summed E-state index contributed by atoms with van der Waals surface area (Å²) in [6.45, 7) is 0. The predicted octanol–water partition coefficient (Wildman–Crippen LogP) is 2.04. The Labute approximate surface area is 116 Å². The highest BCUT2D eigenvalue weighted by Gasteiger charge is 2.38. The van der Waals surface area contributed by atoms with E-state index in [0.29, 0.717) is 12.8 Å². The van der Waals surface area contributed by atoms with Gasteiger partial charge in [0.2, 0.25) is 6.08 Å². The summed E-state index contributed by atoms with van der Waals surface area (Å²) in [4.78, 5) is 13.8. The van der Waals surface area contributed by atoms with Crippen molar-refractivity contribution in [1.82, 2.24) is 0 Å². The van der Waals surface area contributed by atoms with Gasteiger partial charge < -0.3 is 5.11 Å². The van der Waals surface area contributed by atoms with Gasteiger partial charge in [-0.25, -0.2) is 17.6 Å². The number of isocyanates is 1. The Balaban J connectivity index is 2.65. The zero-order chi connectivity index (χ0) is 15.0. The smallest absolute Gasteiger partial charge is 0.235 e. The zero-order valence-electron chi connectivity index (χ0n) is 10.9. The first-order chi connectivity index (χ1) is 9.30. The van der Waals surface area contributed by atoms with E-state index in [2.05, 4.69) is 4.99 Å². The van der Waals surface area contributed by atoms with Gasteiger partial charge in [0.15, 0.2) is 9.84 Å². The monoisotopic (exact) mass is 299 g/mol. The van der Waals surface area contributed by atoms with Crippen molar-refractivity contribution in [3.63, 3.8) is 0 Å². The SMILES string of the molecule is CS(=O)(=O)c1cc(O)c(C2(N=C=O)CCCC2)cc1F. The van der Waals surface area contributed by atoms with E-state index in [1.807, 2.05) is 0 Å².